The molecule has 1 fully saturated rings. The van der Waals surface area contributed by atoms with Crippen LogP contribution in [0.3, 0.4) is 0 Å². The molecule has 6 nitrogen and oxygen atoms in total. The minimum absolute atomic E-state index is 0.164. The minimum Gasteiger partial charge on any atom is -0.299 e. The van der Waals surface area contributed by atoms with Crippen LogP contribution in [0.4, 0.5) is 0 Å². The van der Waals surface area contributed by atoms with Crippen LogP contribution >= 0.6 is 0 Å². The van der Waals surface area contributed by atoms with E-state index in [-0.39, 0.29) is 11.1 Å². The Balaban J connectivity index is 1.61. The van der Waals surface area contributed by atoms with E-state index in [0.717, 1.165) is 6.42 Å². The molecule has 0 spiro atoms. The Kier molecular flexibility index (Phi) is 6.23. The van der Waals surface area contributed by atoms with Crippen molar-refractivity contribution in [2.24, 2.45) is 5.92 Å². The van der Waals surface area contributed by atoms with Crippen molar-refractivity contribution < 1.29 is 10.0 Å². The molecular formula is C24H27N3O3. The first-order valence-corrected chi connectivity index (χ1v) is 10.7. The molecule has 1 aliphatic carbocycles. The summed E-state index contributed by atoms with van der Waals surface area (Å²) >= 11 is 0. The number of carbonyl (C=O) groups is 1. The van der Waals surface area contributed by atoms with E-state index in [1.807, 2.05) is 6.07 Å². The van der Waals surface area contributed by atoms with Gasteiger partial charge in [-0.05, 0) is 54.9 Å². The molecule has 1 aromatic heterocycles. The molecule has 4 rings (SSSR count). The Morgan fingerprint density at radius 3 is 2.63 bits per heavy atom. The molecule has 1 saturated carbocycles. The van der Waals surface area contributed by atoms with Gasteiger partial charge in [0.1, 0.15) is 0 Å². The summed E-state index contributed by atoms with van der Waals surface area (Å²) in [5.41, 5.74) is 3.55. The fourth-order valence-electron chi connectivity index (χ4n) is 4.71. The van der Waals surface area contributed by atoms with Crippen LogP contribution in [-0.2, 0) is 6.54 Å². The van der Waals surface area contributed by atoms with Gasteiger partial charge in [0.2, 0.25) is 0 Å². The molecule has 0 bridgehead atoms. The Bertz CT molecular complexity index is 1070. The number of hydrogen-bond acceptors (Lipinski definition) is 4. The van der Waals surface area contributed by atoms with Gasteiger partial charge in [-0.3, -0.25) is 19.4 Å². The average Bonchev–Trinajstić information content (AvgIpc) is 2.81. The van der Waals surface area contributed by atoms with Crippen molar-refractivity contribution in [3.8, 4) is 0 Å². The molecule has 1 unspecified atom stereocenters. The number of aryl methyl sites for hydroxylation is 1. The number of rotatable bonds is 6. The second kappa shape index (κ2) is 9.22. The van der Waals surface area contributed by atoms with Gasteiger partial charge in [-0.25, -0.2) is 10.5 Å². The molecule has 1 aliphatic rings. The minimum atomic E-state index is -0.645. The molecule has 30 heavy (non-hydrogen) atoms. The zero-order valence-electron chi connectivity index (χ0n) is 17.0. The lowest BCUT2D eigenvalue weighted by molar-refractivity contribution is 0.0706. The standard InChI is InChI=1S/C24H27N3O3/c28-23(26-30)19-11-12-22-21(15-19)24(29)27(16-25-22)14-13-20(17-7-3-1-4-8-17)18-9-5-2-6-10-18/h1,3-4,7-8,11-12,15-16,18,20,30H,2,5-6,9-10,13-14H2,(H,26,28). The van der Waals surface area contributed by atoms with Gasteiger partial charge in [-0.15, -0.1) is 0 Å². The molecule has 1 heterocycles. The van der Waals surface area contributed by atoms with Crippen molar-refractivity contribution >= 4 is 16.8 Å². The largest absolute Gasteiger partial charge is 0.299 e. The molecular weight excluding hydrogens is 378 g/mol. The lowest BCUT2D eigenvalue weighted by atomic mass is 9.75. The van der Waals surface area contributed by atoms with Crippen molar-refractivity contribution in [3.05, 3.63) is 76.3 Å². The first-order valence-electron chi connectivity index (χ1n) is 10.7. The van der Waals surface area contributed by atoms with Crippen molar-refractivity contribution in [1.29, 1.82) is 0 Å². The third-order valence-corrected chi connectivity index (χ3v) is 6.32. The smallest absolute Gasteiger partial charge is 0.274 e. The monoisotopic (exact) mass is 405 g/mol. The molecule has 0 aliphatic heterocycles. The van der Waals surface area contributed by atoms with E-state index in [9.17, 15) is 9.59 Å². The molecule has 156 valence electrons. The number of benzene rings is 2. The topological polar surface area (TPSA) is 84.2 Å². The Morgan fingerprint density at radius 2 is 1.90 bits per heavy atom. The van der Waals surface area contributed by atoms with E-state index in [0.29, 0.717) is 29.3 Å². The van der Waals surface area contributed by atoms with Crippen molar-refractivity contribution in [1.82, 2.24) is 15.0 Å². The Morgan fingerprint density at radius 1 is 1.13 bits per heavy atom. The van der Waals surface area contributed by atoms with Gasteiger partial charge in [0.05, 0.1) is 17.2 Å². The van der Waals surface area contributed by atoms with Crippen LogP contribution in [-0.4, -0.2) is 20.7 Å². The molecule has 1 atom stereocenters. The van der Waals surface area contributed by atoms with Crippen LogP contribution in [0.15, 0.2) is 59.7 Å². The molecule has 6 heteroatoms. The lowest BCUT2D eigenvalue weighted by Gasteiger charge is -2.31. The summed E-state index contributed by atoms with van der Waals surface area (Å²) in [6.07, 6.45) is 8.82. The normalized spacial score (nSPS) is 15.8. The summed E-state index contributed by atoms with van der Waals surface area (Å²) in [4.78, 5) is 29.2. The van der Waals surface area contributed by atoms with Crippen LogP contribution in [0.2, 0.25) is 0 Å². The van der Waals surface area contributed by atoms with Crippen LogP contribution in [0.25, 0.3) is 10.9 Å². The maximum absolute atomic E-state index is 13.0. The molecule has 3 aromatic rings. The maximum Gasteiger partial charge on any atom is 0.274 e. The van der Waals surface area contributed by atoms with Gasteiger partial charge in [0, 0.05) is 12.1 Å². The highest BCUT2D eigenvalue weighted by Gasteiger charge is 2.25. The van der Waals surface area contributed by atoms with Crippen LogP contribution in [0, 0.1) is 5.92 Å². The number of nitrogens with zero attached hydrogens (tertiary/aromatic N) is 2. The van der Waals surface area contributed by atoms with E-state index in [1.165, 1.54) is 43.7 Å². The van der Waals surface area contributed by atoms with Crippen LogP contribution in [0.1, 0.15) is 60.4 Å². The van der Waals surface area contributed by atoms with Gasteiger partial charge < -0.3 is 0 Å². The Labute approximate surface area is 175 Å². The van der Waals surface area contributed by atoms with E-state index in [1.54, 1.807) is 28.5 Å². The fraction of sp³-hybridized carbons (Fsp3) is 0.375. The van der Waals surface area contributed by atoms with Crippen molar-refractivity contribution in [2.45, 2.75) is 51.0 Å². The number of fused-ring (bicyclic) bond motifs is 1. The van der Waals surface area contributed by atoms with Gasteiger partial charge in [-0.1, -0.05) is 49.6 Å². The number of carbonyl (C=O) groups excluding carboxylic acids is 1. The summed E-state index contributed by atoms with van der Waals surface area (Å²) in [6.45, 7) is 0.578. The van der Waals surface area contributed by atoms with Crippen LogP contribution < -0.4 is 11.0 Å². The number of amides is 1. The summed E-state index contributed by atoms with van der Waals surface area (Å²) < 4.78 is 1.64. The quantitative estimate of drug-likeness (QED) is 0.474. The average molecular weight is 405 g/mol. The highest BCUT2D eigenvalue weighted by atomic mass is 16.5. The van der Waals surface area contributed by atoms with Crippen LogP contribution in [0.5, 0.6) is 0 Å². The predicted molar refractivity (Wildman–Crippen MR) is 116 cm³/mol. The summed E-state index contributed by atoms with van der Waals surface area (Å²) in [7, 11) is 0. The van der Waals surface area contributed by atoms with E-state index in [2.05, 4.69) is 29.2 Å². The lowest BCUT2D eigenvalue weighted by Crippen LogP contribution is -2.25. The maximum atomic E-state index is 13.0. The van der Waals surface area contributed by atoms with E-state index < -0.39 is 5.91 Å². The summed E-state index contributed by atoms with van der Waals surface area (Å²) in [5, 5.41) is 9.24. The second-order valence-corrected chi connectivity index (χ2v) is 8.12. The van der Waals surface area contributed by atoms with E-state index >= 15 is 0 Å². The molecule has 2 N–H and O–H groups in total. The highest BCUT2D eigenvalue weighted by molar-refractivity contribution is 5.97. The Hall–Kier alpha value is -2.99. The third-order valence-electron chi connectivity index (χ3n) is 6.32. The molecule has 0 radical (unpaired) electrons. The van der Waals surface area contributed by atoms with E-state index in [4.69, 9.17) is 5.21 Å². The zero-order valence-corrected chi connectivity index (χ0v) is 17.0. The molecule has 0 saturated heterocycles. The van der Waals surface area contributed by atoms with Gasteiger partial charge in [-0.2, -0.15) is 0 Å². The summed E-state index contributed by atoms with van der Waals surface area (Å²) in [6, 6.07) is 15.3. The number of nitrogens with one attached hydrogen (secondary N) is 1. The number of hydroxylamine groups is 1. The molecule has 1 amide bonds. The number of aromatic nitrogens is 2. The predicted octanol–water partition coefficient (Wildman–Crippen LogP) is 4.27. The summed E-state index contributed by atoms with van der Waals surface area (Å²) in [5.74, 6) is 0.416. The fourth-order valence-corrected chi connectivity index (χ4v) is 4.71. The van der Waals surface area contributed by atoms with Crippen molar-refractivity contribution in [3.63, 3.8) is 0 Å². The van der Waals surface area contributed by atoms with Gasteiger partial charge >= 0.3 is 0 Å². The van der Waals surface area contributed by atoms with Crippen molar-refractivity contribution in [2.75, 3.05) is 0 Å². The highest BCUT2D eigenvalue weighted by Crippen LogP contribution is 2.38. The third kappa shape index (κ3) is 4.28. The number of hydrogen-bond donors (Lipinski definition) is 2. The first-order chi connectivity index (χ1) is 14.7. The first kappa shape index (κ1) is 20.3. The second-order valence-electron chi connectivity index (χ2n) is 8.12. The van der Waals surface area contributed by atoms with Gasteiger partial charge in [0.25, 0.3) is 11.5 Å². The molecule has 2 aromatic carbocycles. The SMILES string of the molecule is O=C(NO)c1ccc2ncn(CCC(c3ccccc3)C3CCCCC3)c(=O)c2c1. The van der Waals surface area contributed by atoms with Gasteiger partial charge in [0.15, 0.2) is 0 Å². The zero-order chi connectivity index (χ0) is 20.9.